The Labute approximate surface area is 92.9 Å². The molecule has 2 nitrogen and oxygen atoms in total. The van der Waals surface area contributed by atoms with Crippen molar-refractivity contribution in [2.24, 2.45) is 0 Å². The van der Waals surface area contributed by atoms with Crippen molar-refractivity contribution in [3.8, 4) is 5.88 Å². The van der Waals surface area contributed by atoms with E-state index in [4.69, 9.17) is 4.74 Å². The fourth-order valence-corrected chi connectivity index (χ4v) is 1.24. The van der Waals surface area contributed by atoms with E-state index in [1.54, 1.807) is 0 Å². The van der Waals surface area contributed by atoms with Gasteiger partial charge in [0.1, 0.15) is 4.11 Å². The zero-order valence-corrected chi connectivity index (χ0v) is 10.3. The van der Waals surface area contributed by atoms with Crippen LogP contribution in [-0.2, 0) is 0 Å². The van der Waals surface area contributed by atoms with Crippen molar-refractivity contribution < 1.29 is 4.74 Å². The van der Waals surface area contributed by atoms with E-state index in [-0.39, 0.29) is 4.11 Å². The molecule has 0 amide bonds. The summed E-state index contributed by atoms with van der Waals surface area (Å²) in [5, 5.41) is 0. The van der Waals surface area contributed by atoms with Gasteiger partial charge in [0.2, 0.25) is 5.88 Å². The third kappa shape index (κ3) is 3.50. The van der Waals surface area contributed by atoms with Crippen LogP contribution in [0.3, 0.4) is 0 Å². The third-order valence-corrected chi connectivity index (χ3v) is 1.87. The Balaban J connectivity index is 2.79. The van der Waals surface area contributed by atoms with Crippen molar-refractivity contribution in [2.75, 3.05) is 0 Å². The van der Waals surface area contributed by atoms with Crippen molar-refractivity contribution in [1.29, 1.82) is 0 Å². The standard InChI is InChI=1S/C10H14INO/c1-7(2)9-5-4-6-10(12-9)13-8(3)11/h4-8H,1-3H3. The second-order valence-electron chi connectivity index (χ2n) is 3.22. The molecule has 13 heavy (non-hydrogen) atoms. The van der Waals surface area contributed by atoms with Gasteiger partial charge < -0.3 is 4.74 Å². The lowest BCUT2D eigenvalue weighted by atomic mass is 10.1. The lowest BCUT2D eigenvalue weighted by Gasteiger charge is -2.09. The fraction of sp³-hybridized carbons (Fsp3) is 0.500. The van der Waals surface area contributed by atoms with Crippen LogP contribution in [0.25, 0.3) is 0 Å². The molecule has 0 aliphatic carbocycles. The van der Waals surface area contributed by atoms with Crippen molar-refractivity contribution in [3.05, 3.63) is 23.9 Å². The Hall–Kier alpha value is -0.320. The van der Waals surface area contributed by atoms with Gasteiger partial charge in [-0.3, -0.25) is 0 Å². The highest BCUT2D eigenvalue weighted by molar-refractivity contribution is 14.1. The molecule has 0 N–H and O–H groups in total. The number of halogens is 1. The Bertz CT molecular complexity index is 273. The molecule has 1 unspecified atom stereocenters. The first-order chi connectivity index (χ1) is 6.09. The average molecular weight is 291 g/mol. The van der Waals surface area contributed by atoms with Gasteiger partial charge in [0, 0.05) is 11.8 Å². The van der Waals surface area contributed by atoms with Crippen LogP contribution >= 0.6 is 22.6 Å². The second kappa shape index (κ2) is 4.79. The molecule has 0 saturated heterocycles. The van der Waals surface area contributed by atoms with E-state index in [1.165, 1.54) is 0 Å². The minimum Gasteiger partial charge on any atom is -0.464 e. The molecule has 0 fully saturated rings. The van der Waals surface area contributed by atoms with Crippen LogP contribution in [-0.4, -0.2) is 9.09 Å². The Morgan fingerprint density at radius 2 is 2.00 bits per heavy atom. The maximum atomic E-state index is 5.48. The summed E-state index contributed by atoms with van der Waals surface area (Å²) in [5.41, 5.74) is 1.08. The normalized spacial score (nSPS) is 13.0. The van der Waals surface area contributed by atoms with Crippen molar-refractivity contribution >= 4 is 22.6 Å². The van der Waals surface area contributed by atoms with Gasteiger partial charge in [-0.05, 0) is 41.5 Å². The molecule has 0 radical (unpaired) electrons. The number of pyridine rings is 1. The van der Waals surface area contributed by atoms with Crippen LogP contribution in [0, 0.1) is 0 Å². The molecule has 0 saturated carbocycles. The van der Waals surface area contributed by atoms with Crippen LogP contribution < -0.4 is 4.74 Å². The molecule has 0 spiro atoms. The maximum absolute atomic E-state index is 5.48. The van der Waals surface area contributed by atoms with Gasteiger partial charge in [0.25, 0.3) is 0 Å². The molecule has 1 heterocycles. The topological polar surface area (TPSA) is 22.1 Å². The van der Waals surface area contributed by atoms with Crippen LogP contribution in [0.5, 0.6) is 5.88 Å². The number of alkyl halides is 1. The van der Waals surface area contributed by atoms with Crippen molar-refractivity contribution in [1.82, 2.24) is 4.98 Å². The molecule has 1 rings (SSSR count). The molecule has 1 aromatic rings. The molecular weight excluding hydrogens is 277 g/mol. The number of hydrogen-bond donors (Lipinski definition) is 0. The lowest BCUT2D eigenvalue weighted by molar-refractivity contribution is 0.308. The summed E-state index contributed by atoms with van der Waals surface area (Å²) in [6.07, 6.45) is 0. The Morgan fingerprint density at radius 1 is 1.31 bits per heavy atom. The zero-order chi connectivity index (χ0) is 9.84. The van der Waals surface area contributed by atoms with Crippen LogP contribution in [0.4, 0.5) is 0 Å². The number of rotatable bonds is 3. The molecule has 0 aromatic carbocycles. The van der Waals surface area contributed by atoms with Crippen molar-refractivity contribution in [3.63, 3.8) is 0 Å². The van der Waals surface area contributed by atoms with E-state index in [0.717, 1.165) is 5.69 Å². The third-order valence-electron chi connectivity index (χ3n) is 1.62. The second-order valence-corrected chi connectivity index (χ2v) is 4.97. The van der Waals surface area contributed by atoms with Gasteiger partial charge in [-0.2, -0.15) is 0 Å². The minimum atomic E-state index is 0.160. The number of ether oxygens (including phenoxy) is 1. The fourth-order valence-electron chi connectivity index (χ4n) is 0.984. The molecule has 1 atom stereocenters. The smallest absolute Gasteiger partial charge is 0.214 e. The summed E-state index contributed by atoms with van der Waals surface area (Å²) >= 11 is 2.21. The molecule has 0 aliphatic heterocycles. The molecule has 3 heteroatoms. The van der Waals surface area contributed by atoms with Crippen LogP contribution in [0.1, 0.15) is 32.4 Å². The Morgan fingerprint density at radius 3 is 2.54 bits per heavy atom. The minimum absolute atomic E-state index is 0.160. The maximum Gasteiger partial charge on any atom is 0.214 e. The highest BCUT2D eigenvalue weighted by Gasteiger charge is 2.04. The molecule has 72 valence electrons. The summed E-state index contributed by atoms with van der Waals surface area (Å²) in [6.45, 7) is 6.24. The van der Waals surface area contributed by atoms with E-state index in [0.29, 0.717) is 11.8 Å². The predicted molar refractivity (Wildman–Crippen MR) is 62.4 cm³/mol. The number of aromatic nitrogens is 1. The number of hydrogen-bond acceptors (Lipinski definition) is 2. The first-order valence-corrected chi connectivity index (χ1v) is 5.62. The largest absolute Gasteiger partial charge is 0.464 e. The summed E-state index contributed by atoms with van der Waals surface area (Å²) in [4.78, 5) is 4.39. The van der Waals surface area contributed by atoms with E-state index in [9.17, 15) is 0 Å². The molecular formula is C10H14INO. The van der Waals surface area contributed by atoms with Gasteiger partial charge in [-0.1, -0.05) is 19.9 Å². The van der Waals surface area contributed by atoms with Crippen LogP contribution in [0.2, 0.25) is 0 Å². The molecule has 0 aliphatic rings. The number of nitrogens with zero attached hydrogens (tertiary/aromatic N) is 1. The average Bonchev–Trinajstić information content (AvgIpc) is 2.03. The Kier molecular flexibility index (Phi) is 3.96. The van der Waals surface area contributed by atoms with E-state index >= 15 is 0 Å². The van der Waals surface area contributed by atoms with Gasteiger partial charge in [0.15, 0.2) is 0 Å². The highest BCUT2D eigenvalue weighted by Crippen LogP contribution is 2.17. The first-order valence-electron chi connectivity index (χ1n) is 4.37. The lowest BCUT2D eigenvalue weighted by Crippen LogP contribution is -2.04. The predicted octanol–water partition coefficient (Wildman–Crippen LogP) is 3.36. The summed E-state index contributed by atoms with van der Waals surface area (Å²) in [5.74, 6) is 1.17. The van der Waals surface area contributed by atoms with Gasteiger partial charge in [-0.25, -0.2) is 4.98 Å². The van der Waals surface area contributed by atoms with E-state index in [1.807, 2.05) is 25.1 Å². The van der Waals surface area contributed by atoms with Gasteiger partial charge in [0.05, 0.1) is 0 Å². The monoisotopic (exact) mass is 291 g/mol. The first kappa shape index (κ1) is 10.8. The zero-order valence-electron chi connectivity index (χ0n) is 8.12. The highest BCUT2D eigenvalue weighted by atomic mass is 127. The molecule has 1 aromatic heterocycles. The van der Waals surface area contributed by atoms with Crippen LogP contribution in [0.15, 0.2) is 18.2 Å². The quantitative estimate of drug-likeness (QED) is 0.629. The van der Waals surface area contributed by atoms with Gasteiger partial charge >= 0.3 is 0 Å². The summed E-state index contributed by atoms with van der Waals surface area (Å²) < 4.78 is 5.64. The SMILES string of the molecule is CC(I)Oc1cccc(C(C)C)n1. The van der Waals surface area contributed by atoms with Gasteiger partial charge in [-0.15, -0.1) is 0 Å². The van der Waals surface area contributed by atoms with Crippen molar-refractivity contribution in [2.45, 2.75) is 30.8 Å². The summed E-state index contributed by atoms with van der Waals surface area (Å²) in [6, 6.07) is 5.90. The summed E-state index contributed by atoms with van der Waals surface area (Å²) in [7, 11) is 0. The van der Waals surface area contributed by atoms with E-state index < -0.39 is 0 Å². The van der Waals surface area contributed by atoms with E-state index in [2.05, 4.69) is 41.4 Å². The molecule has 0 bridgehead atoms.